The number of carboxylic acid groups (broad SMARTS) is 1. The van der Waals surface area contributed by atoms with Gasteiger partial charge < -0.3 is 24.7 Å². The maximum absolute atomic E-state index is 12.2. The smallest absolute Gasteiger partial charge is 0.320 e. The van der Waals surface area contributed by atoms with Crippen LogP contribution in [0.5, 0.6) is 0 Å². The largest absolute Gasteiger partial charge is 0.481 e. The van der Waals surface area contributed by atoms with Gasteiger partial charge in [0.15, 0.2) is 0 Å². The van der Waals surface area contributed by atoms with E-state index < -0.39 is 11.9 Å². The highest BCUT2D eigenvalue weighted by atomic mass is 16.5. The molecule has 0 saturated carbocycles. The van der Waals surface area contributed by atoms with Gasteiger partial charge in [0, 0.05) is 13.6 Å². The molecule has 19 heavy (non-hydrogen) atoms. The van der Waals surface area contributed by atoms with Gasteiger partial charge in [-0.25, -0.2) is 4.79 Å². The number of aliphatic hydroxyl groups is 1. The first-order valence-electron chi connectivity index (χ1n) is 6.33. The van der Waals surface area contributed by atoms with Gasteiger partial charge in [0.25, 0.3) is 0 Å². The summed E-state index contributed by atoms with van der Waals surface area (Å²) in [6.07, 6.45) is -0.370. The summed E-state index contributed by atoms with van der Waals surface area (Å²) in [5.74, 6) is -1.54. The Bertz CT molecular complexity index is 336. The van der Waals surface area contributed by atoms with E-state index in [1.165, 1.54) is 4.90 Å². The third kappa shape index (κ3) is 4.07. The van der Waals surface area contributed by atoms with E-state index in [-0.39, 0.29) is 31.3 Å². The van der Waals surface area contributed by atoms with Crippen LogP contribution in [-0.4, -0.2) is 77.5 Å². The molecule has 7 heteroatoms. The number of rotatable bonds is 4. The Kier molecular flexibility index (Phi) is 5.56. The van der Waals surface area contributed by atoms with Gasteiger partial charge in [0.2, 0.25) is 0 Å². The lowest BCUT2D eigenvalue weighted by Gasteiger charge is -2.39. The number of hydrogen-bond donors (Lipinski definition) is 2. The SMILES string of the molecule is CC(CN(C)C(=O)N1CC(CO)OCC1C)C(=O)O. The van der Waals surface area contributed by atoms with Gasteiger partial charge >= 0.3 is 12.0 Å². The molecule has 0 spiro atoms. The van der Waals surface area contributed by atoms with Gasteiger partial charge in [-0.1, -0.05) is 6.92 Å². The molecule has 3 atom stereocenters. The number of hydrogen-bond acceptors (Lipinski definition) is 4. The number of aliphatic carboxylic acids is 1. The first-order valence-corrected chi connectivity index (χ1v) is 6.33. The molecule has 2 amide bonds. The van der Waals surface area contributed by atoms with Crippen molar-refractivity contribution in [1.29, 1.82) is 0 Å². The van der Waals surface area contributed by atoms with Crippen LogP contribution in [0.2, 0.25) is 0 Å². The van der Waals surface area contributed by atoms with Crippen molar-refractivity contribution in [3.63, 3.8) is 0 Å². The first-order chi connectivity index (χ1) is 8.86. The van der Waals surface area contributed by atoms with Crippen LogP contribution in [0.15, 0.2) is 0 Å². The lowest BCUT2D eigenvalue weighted by atomic mass is 10.1. The van der Waals surface area contributed by atoms with E-state index in [1.54, 1.807) is 18.9 Å². The van der Waals surface area contributed by atoms with Crippen LogP contribution in [0.1, 0.15) is 13.8 Å². The van der Waals surface area contributed by atoms with Crippen molar-refractivity contribution < 1.29 is 24.5 Å². The fourth-order valence-corrected chi connectivity index (χ4v) is 1.98. The topological polar surface area (TPSA) is 90.3 Å². The number of carbonyl (C=O) groups is 2. The van der Waals surface area contributed by atoms with Crippen molar-refractivity contribution in [3.05, 3.63) is 0 Å². The van der Waals surface area contributed by atoms with Crippen LogP contribution >= 0.6 is 0 Å². The molecule has 1 fully saturated rings. The molecule has 1 heterocycles. The Balaban J connectivity index is 2.61. The zero-order valence-corrected chi connectivity index (χ0v) is 11.6. The van der Waals surface area contributed by atoms with Crippen molar-refractivity contribution >= 4 is 12.0 Å². The van der Waals surface area contributed by atoms with Gasteiger partial charge in [-0.2, -0.15) is 0 Å². The highest BCUT2D eigenvalue weighted by molar-refractivity contribution is 5.76. The molecule has 0 aromatic rings. The molecule has 1 aliphatic rings. The highest BCUT2D eigenvalue weighted by Crippen LogP contribution is 2.14. The van der Waals surface area contributed by atoms with E-state index >= 15 is 0 Å². The Morgan fingerprint density at radius 3 is 2.68 bits per heavy atom. The maximum atomic E-state index is 12.2. The second-order valence-corrected chi connectivity index (χ2v) is 5.04. The summed E-state index contributed by atoms with van der Waals surface area (Å²) in [6, 6.07) is -0.319. The summed E-state index contributed by atoms with van der Waals surface area (Å²) in [6.45, 7) is 4.14. The lowest BCUT2D eigenvalue weighted by molar-refractivity contribution is -0.141. The van der Waals surface area contributed by atoms with Gasteiger partial charge in [-0.05, 0) is 6.92 Å². The minimum atomic E-state index is -0.928. The summed E-state index contributed by atoms with van der Waals surface area (Å²) < 4.78 is 5.36. The molecule has 1 aliphatic heterocycles. The second-order valence-electron chi connectivity index (χ2n) is 5.04. The molecule has 7 nitrogen and oxygen atoms in total. The summed E-state index contributed by atoms with van der Waals surface area (Å²) in [7, 11) is 1.58. The molecule has 3 unspecified atom stereocenters. The predicted molar refractivity (Wildman–Crippen MR) is 67.8 cm³/mol. The number of carbonyl (C=O) groups excluding carboxylic acids is 1. The standard InChI is InChI=1S/C12H22N2O5/c1-8(11(16)17)4-13(3)12(18)14-5-10(6-15)19-7-9(14)2/h8-10,15H,4-7H2,1-3H3,(H,16,17). The minimum absolute atomic E-state index is 0.0853. The number of ether oxygens (including phenoxy) is 1. The first kappa shape index (κ1) is 15.7. The van der Waals surface area contributed by atoms with Crippen LogP contribution in [0.3, 0.4) is 0 Å². The fraction of sp³-hybridized carbons (Fsp3) is 0.833. The van der Waals surface area contributed by atoms with Crippen LogP contribution < -0.4 is 0 Å². The molecular weight excluding hydrogens is 252 g/mol. The molecule has 110 valence electrons. The average molecular weight is 274 g/mol. The Labute approximate surface area is 112 Å². The van der Waals surface area contributed by atoms with E-state index in [4.69, 9.17) is 14.9 Å². The van der Waals surface area contributed by atoms with Crippen molar-refractivity contribution in [2.24, 2.45) is 5.92 Å². The zero-order chi connectivity index (χ0) is 14.6. The summed E-state index contributed by atoms with van der Waals surface area (Å²) in [5.41, 5.74) is 0. The summed E-state index contributed by atoms with van der Waals surface area (Å²) in [5, 5.41) is 17.9. The Hall–Kier alpha value is -1.34. The van der Waals surface area contributed by atoms with E-state index in [9.17, 15) is 9.59 Å². The lowest BCUT2D eigenvalue weighted by Crippen LogP contribution is -2.55. The van der Waals surface area contributed by atoms with E-state index in [2.05, 4.69) is 0 Å². The van der Waals surface area contributed by atoms with Crippen molar-refractivity contribution in [1.82, 2.24) is 9.80 Å². The molecule has 0 aliphatic carbocycles. The summed E-state index contributed by atoms with van der Waals surface area (Å²) >= 11 is 0. The minimum Gasteiger partial charge on any atom is -0.481 e. The van der Waals surface area contributed by atoms with E-state index in [1.807, 2.05) is 6.92 Å². The normalized spacial score (nSPS) is 24.9. The quantitative estimate of drug-likeness (QED) is 0.743. The van der Waals surface area contributed by atoms with E-state index in [0.29, 0.717) is 13.2 Å². The molecule has 0 aromatic heterocycles. The molecule has 1 rings (SSSR count). The van der Waals surface area contributed by atoms with Crippen molar-refractivity contribution in [3.8, 4) is 0 Å². The predicted octanol–water partition coefficient (Wildman–Crippen LogP) is -0.159. The van der Waals surface area contributed by atoms with Crippen molar-refractivity contribution in [2.75, 3.05) is 33.4 Å². The fourth-order valence-electron chi connectivity index (χ4n) is 1.98. The van der Waals surface area contributed by atoms with E-state index in [0.717, 1.165) is 0 Å². The molecular formula is C12H22N2O5. The number of carboxylic acids is 1. The molecule has 0 bridgehead atoms. The summed E-state index contributed by atoms with van der Waals surface area (Å²) in [4.78, 5) is 26.0. The Morgan fingerprint density at radius 2 is 2.16 bits per heavy atom. The molecule has 0 radical (unpaired) electrons. The van der Waals surface area contributed by atoms with Gasteiger partial charge in [0.1, 0.15) is 0 Å². The number of amides is 2. The van der Waals surface area contributed by atoms with Gasteiger partial charge in [-0.15, -0.1) is 0 Å². The third-order valence-electron chi connectivity index (χ3n) is 3.25. The van der Waals surface area contributed by atoms with Crippen LogP contribution in [0, 0.1) is 5.92 Å². The number of aliphatic hydroxyl groups excluding tert-OH is 1. The average Bonchev–Trinajstić information content (AvgIpc) is 2.38. The molecule has 1 saturated heterocycles. The maximum Gasteiger partial charge on any atom is 0.320 e. The molecule has 0 aromatic carbocycles. The van der Waals surface area contributed by atoms with Crippen LogP contribution in [0.4, 0.5) is 4.79 Å². The molecule has 2 N–H and O–H groups in total. The third-order valence-corrected chi connectivity index (χ3v) is 3.25. The van der Waals surface area contributed by atoms with Crippen LogP contribution in [-0.2, 0) is 9.53 Å². The Morgan fingerprint density at radius 1 is 1.53 bits per heavy atom. The number of nitrogens with zero attached hydrogens (tertiary/aromatic N) is 2. The van der Waals surface area contributed by atoms with Gasteiger partial charge in [-0.3, -0.25) is 4.79 Å². The van der Waals surface area contributed by atoms with Crippen molar-refractivity contribution in [2.45, 2.75) is 26.0 Å². The van der Waals surface area contributed by atoms with Gasteiger partial charge in [0.05, 0.1) is 37.8 Å². The second kappa shape index (κ2) is 6.72. The number of urea groups is 1. The highest BCUT2D eigenvalue weighted by Gasteiger charge is 2.31. The van der Waals surface area contributed by atoms with Crippen LogP contribution in [0.25, 0.3) is 0 Å². The zero-order valence-electron chi connectivity index (χ0n) is 11.6. The monoisotopic (exact) mass is 274 g/mol. The number of morpholine rings is 1.